The van der Waals surface area contributed by atoms with Gasteiger partial charge in [-0.3, -0.25) is 9.59 Å². The minimum atomic E-state index is -0.141. The second-order valence-electron chi connectivity index (χ2n) is 9.60. The summed E-state index contributed by atoms with van der Waals surface area (Å²) in [5, 5.41) is 0. The molecule has 2 aliphatic carbocycles. The average molecular weight is 395 g/mol. The minimum Gasteiger partial charge on any atom is -0.358 e. The zero-order valence-electron chi connectivity index (χ0n) is 18.5. The molecule has 3 fully saturated rings. The van der Waals surface area contributed by atoms with Crippen LogP contribution in [0.25, 0.3) is 0 Å². The predicted molar refractivity (Wildman–Crippen MR) is 118 cm³/mol. The number of ketones is 2. The van der Waals surface area contributed by atoms with Gasteiger partial charge >= 0.3 is 0 Å². The molecule has 0 aromatic carbocycles. The minimum absolute atomic E-state index is 0.0117. The highest BCUT2D eigenvalue weighted by atomic mass is 16.6. The molecule has 1 aliphatic heterocycles. The second kappa shape index (κ2) is 8.02. The Morgan fingerprint density at radius 1 is 0.897 bits per heavy atom. The van der Waals surface area contributed by atoms with Crippen LogP contribution in [-0.4, -0.2) is 22.8 Å². The molecule has 3 nitrogen and oxygen atoms in total. The van der Waals surface area contributed by atoms with E-state index in [0.29, 0.717) is 24.8 Å². The van der Waals surface area contributed by atoms with Crippen molar-refractivity contribution in [3.05, 3.63) is 59.3 Å². The monoisotopic (exact) mass is 394 g/mol. The fraction of sp³-hybridized carbons (Fsp3) is 0.538. The Hall–Kier alpha value is -2.00. The summed E-state index contributed by atoms with van der Waals surface area (Å²) in [7, 11) is 0. The average Bonchev–Trinajstić information content (AvgIpc) is 3.27. The summed E-state index contributed by atoms with van der Waals surface area (Å²) in [5.74, 6) is -0.0658. The molecule has 1 saturated heterocycles. The predicted octanol–water partition coefficient (Wildman–Crippen LogP) is 5.98. The van der Waals surface area contributed by atoms with Crippen molar-refractivity contribution in [2.45, 2.75) is 84.3 Å². The van der Waals surface area contributed by atoms with Gasteiger partial charge in [-0.25, -0.2) is 0 Å². The molecule has 2 unspecified atom stereocenters. The van der Waals surface area contributed by atoms with Gasteiger partial charge in [0.05, 0.1) is 11.2 Å². The van der Waals surface area contributed by atoms with Gasteiger partial charge in [0.2, 0.25) is 0 Å². The Labute approximate surface area is 175 Å². The van der Waals surface area contributed by atoms with Gasteiger partial charge in [0.25, 0.3) is 0 Å². The van der Waals surface area contributed by atoms with E-state index in [9.17, 15) is 9.59 Å². The normalized spacial score (nSPS) is 32.8. The molecule has 0 N–H and O–H groups in total. The van der Waals surface area contributed by atoms with E-state index in [-0.39, 0.29) is 28.2 Å². The van der Waals surface area contributed by atoms with Crippen LogP contribution in [0.15, 0.2) is 59.3 Å². The maximum atomic E-state index is 11.9. The van der Waals surface area contributed by atoms with Crippen LogP contribution >= 0.6 is 0 Å². The number of carbonyl (C=O) groups excluding carboxylic acids is 2. The fourth-order valence-electron chi connectivity index (χ4n) is 4.86. The van der Waals surface area contributed by atoms with E-state index < -0.39 is 0 Å². The fourth-order valence-corrected chi connectivity index (χ4v) is 4.86. The SMILES string of the molecule is CC(/C=C/C=C(C)/C=C/C12OC1(C)CCCC2(C)C)=C\C=C1C(=O)CCCC1=O. The third-order valence-corrected chi connectivity index (χ3v) is 6.81. The van der Waals surface area contributed by atoms with E-state index in [1.54, 1.807) is 6.08 Å². The number of allylic oxidation sites excluding steroid dienone is 9. The van der Waals surface area contributed by atoms with Crippen molar-refractivity contribution in [3.63, 3.8) is 0 Å². The maximum Gasteiger partial charge on any atom is 0.166 e. The number of ether oxygens (including phenoxy) is 1. The molecule has 0 radical (unpaired) electrons. The number of fused-ring (bicyclic) bond motifs is 1. The topological polar surface area (TPSA) is 46.7 Å². The van der Waals surface area contributed by atoms with Gasteiger partial charge < -0.3 is 4.74 Å². The summed E-state index contributed by atoms with van der Waals surface area (Å²) < 4.78 is 6.27. The highest BCUT2D eigenvalue weighted by molar-refractivity contribution is 6.21. The van der Waals surface area contributed by atoms with Crippen molar-refractivity contribution in [2.75, 3.05) is 0 Å². The van der Waals surface area contributed by atoms with E-state index in [2.05, 4.69) is 45.9 Å². The molecule has 0 aromatic rings. The van der Waals surface area contributed by atoms with Crippen molar-refractivity contribution in [1.29, 1.82) is 0 Å². The molecule has 3 rings (SSSR count). The number of carbonyl (C=O) groups is 2. The second-order valence-corrected chi connectivity index (χ2v) is 9.60. The quantitative estimate of drug-likeness (QED) is 0.249. The third kappa shape index (κ3) is 4.30. The lowest BCUT2D eigenvalue weighted by atomic mass is 9.64. The summed E-state index contributed by atoms with van der Waals surface area (Å²) >= 11 is 0. The van der Waals surface area contributed by atoms with E-state index in [4.69, 9.17) is 4.74 Å². The van der Waals surface area contributed by atoms with Gasteiger partial charge in [0.1, 0.15) is 5.60 Å². The largest absolute Gasteiger partial charge is 0.358 e. The van der Waals surface area contributed by atoms with E-state index >= 15 is 0 Å². The van der Waals surface area contributed by atoms with Crippen molar-refractivity contribution < 1.29 is 14.3 Å². The summed E-state index contributed by atoms with van der Waals surface area (Å²) in [6, 6.07) is 0. The molecular weight excluding hydrogens is 360 g/mol. The van der Waals surface area contributed by atoms with E-state index in [1.807, 2.05) is 25.2 Å². The van der Waals surface area contributed by atoms with Crippen molar-refractivity contribution in [1.82, 2.24) is 0 Å². The van der Waals surface area contributed by atoms with Gasteiger partial charge in [-0.2, -0.15) is 0 Å². The Morgan fingerprint density at radius 3 is 2.21 bits per heavy atom. The Kier molecular flexibility index (Phi) is 6.01. The van der Waals surface area contributed by atoms with Crippen LogP contribution in [0, 0.1) is 5.41 Å². The Balaban J connectivity index is 1.64. The van der Waals surface area contributed by atoms with Gasteiger partial charge in [-0.1, -0.05) is 55.4 Å². The summed E-state index contributed by atoms with van der Waals surface area (Å²) in [6.45, 7) is 10.9. The zero-order valence-corrected chi connectivity index (χ0v) is 18.5. The van der Waals surface area contributed by atoms with Crippen LogP contribution < -0.4 is 0 Å². The third-order valence-electron chi connectivity index (χ3n) is 6.81. The molecule has 0 spiro atoms. The van der Waals surface area contributed by atoms with Crippen LogP contribution in [0.1, 0.15) is 73.1 Å². The lowest BCUT2D eigenvalue weighted by molar-refractivity contribution is -0.123. The molecule has 0 amide bonds. The lowest BCUT2D eigenvalue weighted by Crippen LogP contribution is -2.41. The van der Waals surface area contributed by atoms with Crippen LogP contribution in [0.5, 0.6) is 0 Å². The van der Waals surface area contributed by atoms with Crippen LogP contribution in [0.4, 0.5) is 0 Å². The summed E-state index contributed by atoms with van der Waals surface area (Å²) in [4.78, 5) is 23.7. The molecule has 3 aliphatic rings. The molecule has 156 valence electrons. The van der Waals surface area contributed by atoms with Crippen molar-refractivity contribution >= 4 is 11.6 Å². The number of hydrogen-bond acceptors (Lipinski definition) is 3. The highest BCUT2D eigenvalue weighted by Gasteiger charge is 2.73. The molecule has 2 saturated carbocycles. The molecule has 0 bridgehead atoms. The highest BCUT2D eigenvalue weighted by Crippen LogP contribution is 2.66. The number of Topliss-reactive ketones (excluding diaryl/α,β-unsaturated/α-hetero) is 2. The smallest absolute Gasteiger partial charge is 0.166 e. The van der Waals surface area contributed by atoms with Gasteiger partial charge in [0.15, 0.2) is 11.6 Å². The number of epoxide rings is 1. The van der Waals surface area contributed by atoms with Crippen molar-refractivity contribution in [2.24, 2.45) is 5.41 Å². The van der Waals surface area contributed by atoms with Gasteiger partial charge in [-0.15, -0.1) is 0 Å². The Bertz CT molecular complexity index is 831. The molecule has 2 atom stereocenters. The van der Waals surface area contributed by atoms with E-state index in [0.717, 1.165) is 12.0 Å². The number of rotatable bonds is 5. The first kappa shape index (κ1) is 21.7. The molecule has 0 aromatic heterocycles. The molecular formula is C26H34O3. The standard InChI is InChI=1S/C26H34O3/c1-19(13-14-21-22(27)11-7-12-23(21)28)9-6-10-20(2)15-18-26-24(3,4)16-8-17-25(26,5)29-26/h6,9-10,13-15,18H,7-8,11-12,16-17H2,1-5H3/b9-6+,18-15+,19-13+,20-10+. The number of hydrogen-bond donors (Lipinski definition) is 0. The summed E-state index contributed by atoms with van der Waals surface area (Å²) in [6.07, 6.45) is 19.2. The van der Waals surface area contributed by atoms with E-state index in [1.165, 1.54) is 18.4 Å². The molecule has 3 heteroatoms. The van der Waals surface area contributed by atoms with Crippen LogP contribution in [0.2, 0.25) is 0 Å². The van der Waals surface area contributed by atoms with Crippen LogP contribution in [0.3, 0.4) is 0 Å². The van der Waals surface area contributed by atoms with Gasteiger partial charge in [0, 0.05) is 18.3 Å². The van der Waals surface area contributed by atoms with Gasteiger partial charge in [-0.05, 0) is 58.6 Å². The lowest BCUT2D eigenvalue weighted by Gasteiger charge is -2.36. The van der Waals surface area contributed by atoms with Crippen molar-refractivity contribution in [3.8, 4) is 0 Å². The first-order chi connectivity index (χ1) is 13.6. The Morgan fingerprint density at radius 2 is 1.55 bits per heavy atom. The first-order valence-corrected chi connectivity index (χ1v) is 10.8. The zero-order chi connectivity index (χ0) is 21.3. The molecule has 1 heterocycles. The van der Waals surface area contributed by atoms with Crippen LogP contribution in [-0.2, 0) is 14.3 Å². The summed E-state index contributed by atoms with van der Waals surface area (Å²) in [5.41, 5.74) is 2.52. The maximum absolute atomic E-state index is 11.9. The molecule has 29 heavy (non-hydrogen) atoms. The first-order valence-electron chi connectivity index (χ1n) is 10.8.